The summed E-state index contributed by atoms with van der Waals surface area (Å²) in [7, 11) is 4.48. The van der Waals surface area contributed by atoms with Crippen LogP contribution in [0.5, 0.6) is 34.5 Å². The van der Waals surface area contributed by atoms with Crippen LogP contribution in [-0.2, 0) is 43.0 Å². The van der Waals surface area contributed by atoms with Gasteiger partial charge in [0.25, 0.3) is 0 Å². The minimum absolute atomic E-state index is 0.0256. The molecule has 1 saturated heterocycles. The first-order valence-corrected chi connectivity index (χ1v) is 30.4. The molecule has 92 heavy (non-hydrogen) atoms. The molecule has 5 unspecified atom stereocenters. The van der Waals surface area contributed by atoms with Crippen molar-refractivity contribution in [1.29, 1.82) is 0 Å². The average molecular weight is 1390 g/mol. The zero-order chi connectivity index (χ0) is 67.6. The second-order valence-corrected chi connectivity index (χ2v) is 22.3. The lowest BCUT2D eigenvalue weighted by molar-refractivity contribution is -0.142. The first-order chi connectivity index (χ1) is 43.9. The summed E-state index contributed by atoms with van der Waals surface area (Å²) < 4.78 is 47.2. The number of anilines is 3. The molecule has 0 bridgehead atoms. The number of halogens is 6. The first kappa shape index (κ1) is 75.0. The van der Waals surface area contributed by atoms with Gasteiger partial charge in [0.2, 0.25) is 17.7 Å². The van der Waals surface area contributed by atoms with Gasteiger partial charge in [0, 0.05) is 56.8 Å². The normalized spacial score (nSPS) is 14.1. The molecule has 6 aromatic rings. The molecule has 1 aliphatic rings. The number of nitrogens with one attached hydrogen (secondary N) is 2. The Morgan fingerprint density at radius 2 is 0.967 bits per heavy atom. The monoisotopic (exact) mass is 1390 g/mol. The summed E-state index contributed by atoms with van der Waals surface area (Å²) in [4.78, 5) is 73.0. The SMILES string of the molecule is C=CCC(C(=O)Nc1ccc(OC)c(OCCOC(C)=O)c1)c1ccc(Cl)c(Cl)c1.COc1ccc(N2C(=O)C(c3ccc(Cl)c(Cl)c3)CC2O)cc1OCCOC(C)=O.COc1ccc(NC(=O)C(CC(O)CO)c2ccc(Cl)c(Cl)c2)cc1OCCOC(C)=O. The molecule has 5 atom stereocenters. The Kier molecular flexibility index (Phi) is 30.8. The van der Waals surface area contributed by atoms with Crippen molar-refractivity contribution in [1.82, 2.24) is 0 Å². The zero-order valence-corrected chi connectivity index (χ0v) is 55.4. The van der Waals surface area contributed by atoms with Gasteiger partial charge >= 0.3 is 17.9 Å². The number of hydrogen-bond donors (Lipinski definition) is 5. The summed E-state index contributed by atoms with van der Waals surface area (Å²) in [5.41, 5.74) is 3.35. The smallest absolute Gasteiger partial charge is 0.302 e. The molecule has 1 fully saturated rings. The molecule has 5 N–H and O–H groups in total. The number of carbonyl (C=O) groups is 6. The number of methoxy groups -OCH3 is 3. The van der Waals surface area contributed by atoms with Gasteiger partial charge in [-0.1, -0.05) is 93.9 Å². The van der Waals surface area contributed by atoms with Crippen LogP contribution in [0, 0.1) is 0 Å². The van der Waals surface area contributed by atoms with E-state index in [1.807, 2.05) is 0 Å². The molecule has 0 aromatic heterocycles. The topological polar surface area (TPSA) is 273 Å². The number of hydrogen-bond acceptors (Lipinski definition) is 18. The van der Waals surface area contributed by atoms with Crippen molar-refractivity contribution in [2.75, 3.05) is 83.1 Å². The van der Waals surface area contributed by atoms with E-state index in [1.54, 1.807) is 115 Å². The highest BCUT2D eigenvalue weighted by molar-refractivity contribution is 6.43. The van der Waals surface area contributed by atoms with Gasteiger partial charge in [0.05, 0.1) is 87.6 Å². The summed E-state index contributed by atoms with van der Waals surface area (Å²) in [5, 5.41) is 37.6. The lowest BCUT2D eigenvalue weighted by Crippen LogP contribution is -2.33. The van der Waals surface area contributed by atoms with Crippen LogP contribution in [0.4, 0.5) is 17.1 Å². The Morgan fingerprint density at radius 3 is 1.38 bits per heavy atom. The Balaban J connectivity index is 0.000000251. The predicted octanol–water partition coefficient (Wildman–Crippen LogP) is 12.4. The maximum Gasteiger partial charge on any atom is 0.302 e. The molecule has 0 radical (unpaired) electrons. The number of nitrogens with zero attached hydrogens (tertiary/aromatic N) is 1. The minimum atomic E-state index is -1.10. The maximum atomic E-state index is 13.1. The molecular formula is C65H69Cl6N3O18. The molecule has 0 spiro atoms. The van der Waals surface area contributed by atoms with E-state index >= 15 is 0 Å². The lowest BCUT2D eigenvalue weighted by Gasteiger charge is -2.22. The molecule has 27 heteroatoms. The number of benzene rings is 6. The van der Waals surface area contributed by atoms with Gasteiger partial charge in [-0.05, 0) is 102 Å². The quantitative estimate of drug-likeness (QED) is 0.0132. The lowest BCUT2D eigenvalue weighted by atomic mass is 9.92. The van der Waals surface area contributed by atoms with Crippen molar-refractivity contribution in [2.45, 2.75) is 70.1 Å². The summed E-state index contributed by atoms with van der Waals surface area (Å²) >= 11 is 36.2. The number of carbonyl (C=O) groups excluding carboxylic acids is 6. The van der Waals surface area contributed by atoms with Crippen LogP contribution in [0.25, 0.3) is 0 Å². The highest BCUT2D eigenvalue weighted by Crippen LogP contribution is 2.41. The molecule has 6 aromatic carbocycles. The summed E-state index contributed by atoms with van der Waals surface area (Å²) in [6.07, 6.45) is 0.166. The maximum absolute atomic E-state index is 13.1. The standard InChI is InChI=1S/C22H25Cl2NO7.C22H23Cl2NO5.C21H21Cl2NO6/c1-13(27)31-7-8-32-21-10-15(4-6-20(21)30-2)25-22(29)17(11-16(28)12-26)14-3-5-18(23)19(24)9-14;1-4-5-17(15-6-8-18(23)19(24)12-15)22(27)25-16-7-9-20(28-3)21(13-16)30-11-10-29-14(2)26;1-12(25)29-7-8-30-19-10-14(4-6-18(19)28-2)24-20(26)11-15(21(24)27)13-3-5-16(22)17(23)9-13/h3-6,9-10,16-17,26,28H,7-8,11-12H2,1-2H3,(H,25,29);4,6-9,12-13,17H,1,5,10-11H2,2-3H3,(H,25,27);3-6,9-10,15,20,26H,7-8,11H2,1-2H3. The predicted molar refractivity (Wildman–Crippen MR) is 351 cm³/mol. The second kappa shape index (κ2) is 37.7. The van der Waals surface area contributed by atoms with Crippen molar-refractivity contribution in [3.05, 3.63) is 169 Å². The third-order valence-electron chi connectivity index (χ3n) is 13.3. The van der Waals surface area contributed by atoms with Crippen molar-refractivity contribution >= 4 is 122 Å². The van der Waals surface area contributed by atoms with E-state index in [4.69, 9.17) is 112 Å². The Labute approximate surface area is 562 Å². The summed E-state index contributed by atoms with van der Waals surface area (Å²) in [6.45, 7) is 7.78. The van der Waals surface area contributed by atoms with Crippen LogP contribution in [0.2, 0.25) is 30.1 Å². The number of aliphatic hydroxyl groups is 3. The van der Waals surface area contributed by atoms with E-state index in [0.29, 0.717) is 94.2 Å². The third kappa shape index (κ3) is 22.8. The molecule has 0 saturated carbocycles. The molecule has 3 amide bonds. The fraction of sp³-hybridized carbons (Fsp3) is 0.323. The van der Waals surface area contributed by atoms with Gasteiger partial charge < -0.3 is 68.6 Å². The van der Waals surface area contributed by atoms with Crippen LogP contribution in [0.3, 0.4) is 0 Å². The van der Waals surface area contributed by atoms with Crippen molar-refractivity contribution in [3.8, 4) is 34.5 Å². The van der Waals surface area contributed by atoms with E-state index in [2.05, 4.69) is 17.2 Å². The van der Waals surface area contributed by atoms with Gasteiger partial charge in [0.15, 0.2) is 34.5 Å². The van der Waals surface area contributed by atoms with Crippen LogP contribution >= 0.6 is 69.6 Å². The number of aliphatic hydroxyl groups excluding tert-OH is 3. The van der Waals surface area contributed by atoms with Crippen LogP contribution < -0.4 is 44.0 Å². The van der Waals surface area contributed by atoms with E-state index in [1.165, 1.54) is 47.0 Å². The van der Waals surface area contributed by atoms with Crippen LogP contribution in [0.1, 0.15) is 74.5 Å². The number of ether oxygens (including phenoxy) is 9. The molecule has 1 heterocycles. The van der Waals surface area contributed by atoms with Gasteiger partial charge in [-0.15, -0.1) is 6.58 Å². The Bertz CT molecular complexity index is 3520. The highest BCUT2D eigenvalue weighted by Gasteiger charge is 2.41. The Morgan fingerprint density at radius 1 is 0.554 bits per heavy atom. The third-order valence-corrected chi connectivity index (χ3v) is 15.5. The van der Waals surface area contributed by atoms with Crippen molar-refractivity contribution in [3.63, 3.8) is 0 Å². The molecule has 1 aliphatic heterocycles. The number of rotatable bonds is 28. The number of allylic oxidation sites excluding steroid dienone is 1. The molecule has 7 rings (SSSR count). The Hall–Kier alpha value is -7.70. The molecule has 0 aliphatic carbocycles. The zero-order valence-electron chi connectivity index (χ0n) is 50.8. The summed E-state index contributed by atoms with van der Waals surface area (Å²) in [5.74, 6) is -1.49. The van der Waals surface area contributed by atoms with Gasteiger partial charge in [-0.2, -0.15) is 0 Å². The molecule has 494 valence electrons. The molecule has 21 nitrogen and oxygen atoms in total. The molecular weight excluding hydrogens is 1320 g/mol. The van der Waals surface area contributed by atoms with Crippen LogP contribution in [-0.4, -0.2) is 131 Å². The fourth-order valence-electron chi connectivity index (χ4n) is 8.93. The highest BCUT2D eigenvalue weighted by atomic mass is 35.5. The van der Waals surface area contributed by atoms with Crippen LogP contribution in [0.15, 0.2) is 122 Å². The van der Waals surface area contributed by atoms with Crippen molar-refractivity contribution in [2.24, 2.45) is 0 Å². The summed E-state index contributed by atoms with van der Waals surface area (Å²) in [6, 6.07) is 29.6. The van der Waals surface area contributed by atoms with Gasteiger partial charge in [-0.25, -0.2) is 0 Å². The van der Waals surface area contributed by atoms with E-state index < -0.39 is 54.5 Å². The fourth-order valence-corrected chi connectivity index (χ4v) is 9.85. The largest absolute Gasteiger partial charge is 0.493 e. The van der Waals surface area contributed by atoms with Crippen molar-refractivity contribution < 1.29 is 86.7 Å². The number of amides is 3. The van der Waals surface area contributed by atoms with Gasteiger partial charge in [0.1, 0.15) is 45.9 Å². The first-order valence-electron chi connectivity index (χ1n) is 28.1. The van der Waals surface area contributed by atoms with Gasteiger partial charge in [-0.3, -0.25) is 33.7 Å². The van der Waals surface area contributed by atoms with E-state index in [-0.39, 0.29) is 75.3 Å². The average Bonchev–Trinajstić information content (AvgIpc) is 1.65. The second-order valence-electron chi connectivity index (χ2n) is 19.8. The van der Waals surface area contributed by atoms with E-state index in [0.717, 1.165) is 5.56 Å². The number of esters is 3. The minimum Gasteiger partial charge on any atom is -0.493 e. The van der Waals surface area contributed by atoms with E-state index in [9.17, 15) is 44.1 Å².